The highest BCUT2D eigenvalue weighted by molar-refractivity contribution is 7.92. The van der Waals surface area contributed by atoms with Gasteiger partial charge in [0.2, 0.25) is 11.8 Å². The van der Waals surface area contributed by atoms with E-state index in [2.05, 4.69) is 5.32 Å². The van der Waals surface area contributed by atoms with Gasteiger partial charge >= 0.3 is 0 Å². The minimum atomic E-state index is -4.07. The number of carbonyl (C=O) groups excluding carboxylic acids is 2. The van der Waals surface area contributed by atoms with Gasteiger partial charge in [0.05, 0.1) is 10.6 Å². The molecule has 0 heterocycles. The molecule has 3 rings (SSSR count). The van der Waals surface area contributed by atoms with Crippen molar-refractivity contribution in [2.45, 2.75) is 52.1 Å². The number of hydrogen-bond donors (Lipinski definition) is 1. The Labute approximate surface area is 220 Å². The monoisotopic (exact) mass is 521 g/mol. The smallest absolute Gasteiger partial charge is 0.264 e. The predicted octanol–water partition coefficient (Wildman–Crippen LogP) is 4.28. The van der Waals surface area contributed by atoms with Gasteiger partial charge in [0.25, 0.3) is 10.0 Å². The number of nitrogens with zero attached hydrogens (tertiary/aromatic N) is 2. The molecule has 0 fully saturated rings. The van der Waals surface area contributed by atoms with Gasteiger partial charge in [-0.05, 0) is 75.6 Å². The molecule has 0 spiro atoms. The number of aryl methyl sites for hydroxylation is 4. The highest BCUT2D eigenvalue weighted by Gasteiger charge is 2.32. The van der Waals surface area contributed by atoms with Crippen LogP contribution in [0.15, 0.2) is 71.6 Å². The molecule has 37 heavy (non-hydrogen) atoms. The van der Waals surface area contributed by atoms with Crippen LogP contribution in [0.5, 0.6) is 0 Å². The Morgan fingerprint density at radius 2 is 1.41 bits per heavy atom. The van der Waals surface area contributed by atoms with Crippen LogP contribution in [0.1, 0.15) is 34.7 Å². The van der Waals surface area contributed by atoms with E-state index < -0.39 is 28.5 Å². The minimum Gasteiger partial charge on any atom is -0.357 e. The first-order valence-corrected chi connectivity index (χ1v) is 13.6. The van der Waals surface area contributed by atoms with E-state index >= 15 is 0 Å². The summed E-state index contributed by atoms with van der Waals surface area (Å²) in [5, 5.41) is 2.59. The number of amides is 2. The molecular formula is C29H35N3O4S. The molecule has 3 aromatic rings. The van der Waals surface area contributed by atoms with E-state index in [9.17, 15) is 18.0 Å². The lowest BCUT2D eigenvalue weighted by atomic mass is 10.1. The summed E-state index contributed by atoms with van der Waals surface area (Å²) in [5.74, 6) is -0.815. The van der Waals surface area contributed by atoms with Crippen molar-refractivity contribution in [3.63, 3.8) is 0 Å². The molecule has 196 valence electrons. The normalized spacial score (nSPS) is 12.1. The second-order valence-corrected chi connectivity index (χ2v) is 11.3. The standard InChI is InChI=1S/C29H35N3O4S/c1-20-7-12-25(13-8-20)18-31(24(5)29(34)30-6)28(33)19-32(26-14-11-22(3)23(4)17-26)37(35,36)27-15-9-21(2)10-16-27/h7-17,24H,18-19H2,1-6H3,(H,30,34)/t24-/m0/s1. The maximum atomic E-state index is 13.8. The maximum absolute atomic E-state index is 13.8. The van der Waals surface area contributed by atoms with Gasteiger partial charge in [-0.2, -0.15) is 0 Å². The molecule has 0 radical (unpaired) electrons. The van der Waals surface area contributed by atoms with Crippen molar-refractivity contribution in [1.29, 1.82) is 0 Å². The van der Waals surface area contributed by atoms with E-state index in [1.54, 1.807) is 43.3 Å². The van der Waals surface area contributed by atoms with Crippen molar-refractivity contribution in [2.75, 3.05) is 17.9 Å². The van der Waals surface area contributed by atoms with Gasteiger partial charge < -0.3 is 10.2 Å². The number of anilines is 1. The number of likely N-dealkylation sites (N-methyl/N-ethyl adjacent to an activating group) is 1. The lowest BCUT2D eigenvalue weighted by molar-refractivity contribution is -0.139. The zero-order chi connectivity index (χ0) is 27.3. The third-order valence-electron chi connectivity index (χ3n) is 6.55. The number of rotatable bonds is 9. The first-order valence-electron chi connectivity index (χ1n) is 12.2. The van der Waals surface area contributed by atoms with Crippen molar-refractivity contribution >= 4 is 27.5 Å². The second kappa shape index (κ2) is 11.6. The lowest BCUT2D eigenvalue weighted by Gasteiger charge is -2.32. The van der Waals surface area contributed by atoms with Crippen LogP contribution in [-0.2, 0) is 26.2 Å². The number of benzene rings is 3. The van der Waals surface area contributed by atoms with Crippen LogP contribution in [0.3, 0.4) is 0 Å². The minimum absolute atomic E-state index is 0.0913. The summed E-state index contributed by atoms with van der Waals surface area (Å²) in [6, 6.07) is 18.7. The lowest BCUT2D eigenvalue weighted by Crippen LogP contribution is -2.50. The molecule has 0 unspecified atom stereocenters. The van der Waals surface area contributed by atoms with Crippen LogP contribution < -0.4 is 9.62 Å². The van der Waals surface area contributed by atoms with E-state index in [0.717, 1.165) is 32.1 Å². The Hall–Kier alpha value is -3.65. The molecule has 1 N–H and O–H groups in total. The van der Waals surface area contributed by atoms with Crippen LogP contribution in [0.25, 0.3) is 0 Å². The molecule has 0 saturated heterocycles. The summed E-state index contributed by atoms with van der Waals surface area (Å²) >= 11 is 0. The number of sulfonamides is 1. The van der Waals surface area contributed by atoms with Crippen LogP contribution in [-0.4, -0.2) is 44.8 Å². The summed E-state index contributed by atoms with van der Waals surface area (Å²) in [7, 11) is -2.56. The molecular weight excluding hydrogens is 486 g/mol. The Morgan fingerprint density at radius 1 is 0.838 bits per heavy atom. The topological polar surface area (TPSA) is 86.8 Å². The summed E-state index contributed by atoms with van der Waals surface area (Å²) < 4.78 is 28.8. The van der Waals surface area contributed by atoms with E-state index in [0.29, 0.717) is 5.69 Å². The van der Waals surface area contributed by atoms with E-state index in [4.69, 9.17) is 0 Å². The molecule has 3 aromatic carbocycles. The van der Waals surface area contributed by atoms with E-state index in [-0.39, 0.29) is 17.3 Å². The van der Waals surface area contributed by atoms with Crippen molar-refractivity contribution in [3.05, 3.63) is 94.5 Å². The Morgan fingerprint density at radius 3 is 1.95 bits per heavy atom. The third kappa shape index (κ3) is 6.57. The predicted molar refractivity (Wildman–Crippen MR) is 147 cm³/mol. The van der Waals surface area contributed by atoms with Crippen LogP contribution in [0.2, 0.25) is 0 Å². The molecule has 0 aliphatic rings. The van der Waals surface area contributed by atoms with Gasteiger partial charge in [0.1, 0.15) is 12.6 Å². The van der Waals surface area contributed by atoms with Gasteiger partial charge in [0, 0.05) is 13.6 Å². The largest absolute Gasteiger partial charge is 0.357 e. The fraction of sp³-hybridized carbons (Fsp3) is 0.310. The van der Waals surface area contributed by atoms with E-state index in [1.165, 1.54) is 11.9 Å². The molecule has 0 aliphatic carbocycles. The maximum Gasteiger partial charge on any atom is 0.264 e. The van der Waals surface area contributed by atoms with Crippen LogP contribution >= 0.6 is 0 Å². The van der Waals surface area contributed by atoms with Gasteiger partial charge in [-0.25, -0.2) is 8.42 Å². The molecule has 0 aromatic heterocycles. The average molecular weight is 522 g/mol. The van der Waals surface area contributed by atoms with E-state index in [1.807, 2.05) is 58.0 Å². The van der Waals surface area contributed by atoms with Gasteiger partial charge in [-0.3, -0.25) is 13.9 Å². The zero-order valence-corrected chi connectivity index (χ0v) is 23.1. The van der Waals surface area contributed by atoms with Crippen molar-refractivity contribution < 1.29 is 18.0 Å². The number of carbonyl (C=O) groups is 2. The van der Waals surface area contributed by atoms with Gasteiger partial charge in [-0.1, -0.05) is 53.6 Å². The number of nitrogens with one attached hydrogen (secondary N) is 1. The Bertz CT molecular complexity index is 1370. The summed E-state index contributed by atoms with van der Waals surface area (Å²) in [5.41, 5.74) is 5.15. The SMILES string of the molecule is CNC(=O)[C@H](C)N(Cc1ccc(C)cc1)C(=O)CN(c1ccc(C)c(C)c1)S(=O)(=O)c1ccc(C)cc1. The van der Waals surface area contributed by atoms with Gasteiger partial charge in [-0.15, -0.1) is 0 Å². The molecule has 0 bridgehead atoms. The fourth-order valence-corrected chi connectivity index (χ4v) is 5.33. The molecule has 1 atom stereocenters. The van der Waals surface area contributed by atoms with Crippen molar-refractivity contribution in [2.24, 2.45) is 0 Å². The molecule has 0 saturated carbocycles. The number of hydrogen-bond acceptors (Lipinski definition) is 4. The second-order valence-electron chi connectivity index (χ2n) is 9.39. The van der Waals surface area contributed by atoms with Crippen molar-refractivity contribution in [3.8, 4) is 0 Å². The van der Waals surface area contributed by atoms with Crippen LogP contribution in [0, 0.1) is 27.7 Å². The Balaban J connectivity index is 2.05. The summed E-state index contributed by atoms with van der Waals surface area (Å²) in [4.78, 5) is 27.8. The highest BCUT2D eigenvalue weighted by atomic mass is 32.2. The quantitative estimate of drug-likeness (QED) is 0.455. The third-order valence-corrected chi connectivity index (χ3v) is 8.34. The molecule has 7 nitrogen and oxygen atoms in total. The first-order chi connectivity index (χ1) is 17.4. The van der Waals surface area contributed by atoms with Gasteiger partial charge in [0.15, 0.2) is 0 Å². The average Bonchev–Trinajstić information content (AvgIpc) is 2.87. The Kier molecular flexibility index (Phi) is 8.76. The molecule has 8 heteroatoms. The molecule has 2 amide bonds. The molecule has 0 aliphatic heterocycles. The summed E-state index contributed by atoms with van der Waals surface area (Å²) in [6.45, 7) is 9.04. The zero-order valence-electron chi connectivity index (χ0n) is 22.3. The van der Waals surface area contributed by atoms with Crippen molar-refractivity contribution in [1.82, 2.24) is 10.2 Å². The fourth-order valence-electron chi connectivity index (χ4n) is 3.93. The highest BCUT2D eigenvalue weighted by Crippen LogP contribution is 2.27. The van der Waals surface area contributed by atoms with Crippen LogP contribution in [0.4, 0.5) is 5.69 Å². The first kappa shape index (κ1) is 27.9. The summed E-state index contributed by atoms with van der Waals surface area (Å²) in [6.07, 6.45) is 0.